The Hall–Kier alpha value is -1.81. The SMILES string of the molecule is CC(C)C1=CN(C2CCC(C(=O)O)CC2)C(=O)CC1(C)c1ccc(CCC(C)(C)C)c(Cl)c1. The summed E-state index contributed by atoms with van der Waals surface area (Å²) >= 11 is 6.73. The number of aryl methyl sites for hydroxylation is 1. The van der Waals surface area contributed by atoms with Gasteiger partial charge in [-0.15, -0.1) is 0 Å². The second-order valence-corrected chi connectivity index (χ2v) is 12.2. The van der Waals surface area contributed by atoms with E-state index >= 15 is 0 Å². The van der Waals surface area contributed by atoms with E-state index in [1.165, 1.54) is 5.57 Å². The van der Waals surface area contributed by atoms with Gasteiger partial charge < -0.3 is 10.0 Å². The zero-order valence-electron chi connectivity index (χ0n) is 21.1. The van der Waals surface area contributed by atoms with Gasteiger partial charge in [-0.1, -0.05) is 65.3 Å². The van der Waals surface area contributed by atoms with Gasteiger partial charge in [0.15, 0.2) is 0 Å². The molecular formula is C28H40ClNO3. The van der Waals surface area contributed by atoms with Crippen molar-refractivity contribution in [3.8, 4) is 0 Å². The number of benzene rings is 1. The van der Waals surface area contributed by atoms with Crippen LogP contribution in [-0.2, 0) is 21.4 Å². The predicted molar refractivity (Wildman–Crippen MR) is 134 cm³/mol. The Morgan fingerprint density at radius 1 is 1.21 bits per heavy atom. The van der Waals surface area contributed by atoms with Gasteiger partial charge in [0.2, 0.25) is 5.91 Å². The summed E-state index contributed by atoms with van der Waals surface area (Å²) in [4.78, 5) is 26.6. The fourth-order valence-electron chi connectivity index (χ4n) is 5.43. The Morgan fingerprint density at radius 3 is 2.36 bits per heavy atom. The quantitative estimate of drug-likeness (QED) is 0.484. The topological polar surface area (TPSA) is 57.6 Å². The zero-order chi connectivity index (χ0) is 24.6. The number of halogens is 1. The highest BCUT2D eigenvalue weighted by Crippen LogP contribution is 2.45. The number of hydrogen-bond donors (Lipinski definition) is 1. The molecule has 0 saturated heterocycles. The van der Waals surface area contributed by atoms with Crippen LogP contribution in [0.25, 0.3) is 0 Å². The van der Waals surface area contributed by atoms with Crippen LogP contribution in [0.15, 0.2) is 30.0 Å². The van der Waals surface area contributed by atoms with Crippen LogP contribution in [0.4, 0.5) is 0 Å². The molecule has 0 aromatic heterocycles. The van der Waals surface area contributed by atoms with Gasteiger partial charge in [0.25, 0.3) is 0 Å². The Kier molecular flexibility index (Phi) is 7.68. The number of allylic oxidation sites excluding steroid dienone is 1. The molecule has 33 heavy (non-hydrogen) atoms. The first-order chi connectivity index (χ1) is 15.3. The fraction of sp³-hybridized carbons (Fsp3) is 0.643. The van der Waals surface area contributed by atoms with Crippen LogP contribution in [-0.4, -0.2) is 27.9 Å². The van der Waals surface area contributed by atoms with Crippen molar-refractivity contribution in [3.63, 3.8) is 0 Å². The molecule has 1 N–H and O–H groups in total. The average molecular weight is 474 g/mol. The van der Waals surface area contributed by atoms with E-state index in [4.69, 9.17) is 11.6 Å². The largest absolute Gasteiger partial charge is 0.481 e. The van der Waals surface area contributed by atoms with E-state index < -0.39 is 11.4 Å². The maximum absolute atomic E-state index is 13.4. The van der Waals surface area contributed by atoms with E-state index in [0.29, 0.717) is 19.3 Å². The molecule has 3 rings (SSSR count). The van der Waals surface area contributed by atoms with Gasteiger partial charge in [-0.2, -0.15) is 0 Å². The molecule has 1 aliphatic heterocycles. The molecule has 1 saturated carbocycles. The van der Waals surface area contributed by atoms with E-state index in [9.17, 15) is 14.7 Å². The first kappa shape index (κ1) is 25.8. The molecular weight excluding hydrogens is 434 g/mol. The van der Waals surface area contributed by atoms with Crippen molar-refractivity contribution in [2.75, 3.05) is 0 Å². The van der Waals surface area contributed by atoms with Crippen LogP contribution >= 0.6 is 11.6 Å². The standard InChI is InChI=1S/C28H40ClNO3/c1-18(2)23-17-30(22-11-8-20(9-12-22)26(32)33)25(31)16-28(23,6)21-10-7-19(24(29)15-21)13-14-27(3,4)5/h7,10,15,17-18,20,22H,8-9,11-14,16H2,1-6H3,(H,32,33). The molecule has 1 fully saturated rings. The van der Waals surface area contributed by atoms with Crippen LogP contribution in [0.3, 0.4) is 0 Å². The summed E-state index contributed by atoms with van der Waals surface area (Å²) in [5.41, 5.74) is 3.35. The van der Waals surface area contributed by atoms with E-state index in [0.717, 1.165) is 41.8 Å². The third-order valence-electron chi connectivity index (χ3n) is 7.60. The summed E-state index contributed by atoms with van der Waals surface area (Å²) in [7, 11) is 0. The van der Waals surface area contributed by atoms with Crippen molar-refractivity contribution < 1.29 is 14.7 Å². The smallest absolute Gasteiger partial charge is 0.306 e. The lowest BCUT2D eigenvalue weighted by Crippen LogP contribution is -2.47. The number of carboxylic acid groups (broad SMARTS) is 1. The van der Waals surface area contributed by atoms with Crippen molar-refractivity contribution in [3.05, 3.63) is 46.1 Å². The molecule has 1 amide bonds. The summed E-state index contributed by atoms with van der Waals surface area (Å²) in [6.07, 6.45) is 7.26. The Bertz CT molecular complexity index is 922. The number of nitrogens with zero attached hydrogens (tertiary/aromatic N) is 1. The second kappa shape index (κ2) is 9.82. The molecule has 0 radical (unpaired) electrons. The van der Waals surface area contributed by atoms with E-state index in [1.807, 2.05) is 4.90 Å². The first-order valence-electron chi connectivity index (χ1n) is 12.4. The first-order valence-corrected chi connectivity index (χ1v) is 12.7. The summed E-state index contributed by atoms with van der Waals surface area (Å²) in [6, 6.07) is 6.45. The van der Waals surface area contributed by atoms with Crippen LogP contribution < -0.4 is 0 Å². The molecule has 0 bridgehead atoms. The number of amides is 1. The Balaban J connectivity index is 1.87. The van der Waals surface area contributed by atoms with Gasteiger partial charge >= 0.3 is 5.97 Å². The molecule has 2 aliphatic rings. The maximum Gasteiger partial charge on any atom is 0.306 e. The molecule has 1 aromatic rings. The minimum absolute atomic E-state index is 0.0924. The summed E-state index contributed by atoms with van der Waals surface area (Å²) in [5, 5.41) is 10.1. The third-order valence-corrected chi connectivity index (χ3v) is 7.96. The number of aliphatic carboxylic acids is 1. The number of hydrogen-bond acceptors (Lipinski definition) is 2. The van der Waals surface area contributed by atoms with Crippen molar-refractivity contribution in [2.24, 2.45) is 17.3 Å². The van der Waals surface area contributed by atoms with Gasteiger partial charge in [0.1, 0.15) is 0 Å². The van der Waals surface area contributed by atoms with Crippen LogP contribution in [0, 0.1) is 17.3 Å². The normalized spacial score (nSPS) is 26.5. The maximum atomic E-state index is 13.4. The lowest BCUT2D eigenvalue weighted by Gasteiger charge is -2.44. The summed E-state index contributed by atoms with van der Waals surface area (Å²) in [5.74, 6) is -0.597. The molecule has 1 aliphatic carbocycles. The Morgan fingerprint density at radius 2 is 1.85 bits per heavy atom. The molecule has 1 heterocycles. The van der Waals surface area contributed by atoms with Crippen LogP contribution in [0.1, 0.15) is 91.2 Å². The van der Waals surface area contributed by atoms with Crippen molar-refractivity contribution in [1.29, 1.82) is 0 Å². The van der Waals surface area contributed by atoms with Crippen molar-refractivity contribution in [1.82, 2.24) is 4.90 Å². The van der Waals surface area contributed by atoms with E-state index in [-0.39, 0.29) is 29.2 Å². The van der Waals surface area contributed by atoms with Gasteiger partial charge in [-0.25, -0.2) is 0 Å². The number of rotatable bonds is 6. The van der Waals surface area contributed by atoms with E-state index in [1.54, 1.807) is 0 Å². The van der Waals surface area contributed by atoms with Gasteiger partial charge in [0.05, 0.1) is 5.92 Å². The molecule has 4 nitrogen and oxygen atoms in total. The molecule has 1 aromatic carbocycles. The van der Waals surface area contributed by atoms with Crippen molar-refractivity contribution in [2.45, 2.75) is 97.9 Å². The number of carbonyl (C=O) groups excluding carboxylic acids is 1. The predicted octanol–water partition coefficient (Wildman–Crippen LogP) is 6.99. The average Bonchev–Trinajstić information content (AvgIpc) is 2.72. The van der Waals surface area contributed by atoms with E-state index in [2.05, 4.69) is 65.9 Å². The number of carboxylic acids is 1. The lowest BCUT2D eigenvalue weighted by atomic mass is 9.67. The molecule has 1 unspecified atom stereocenters. The number of carbonyl (C=O) groups is 2. The van der Waals surface area contributed by atoms with Crippen molar-refractivity contribution >= 4 is 23.5 Å². The molecule has 5 heteroatoms. The third kappa shape index (κ3) is 5.82. The summed E-state index contributed by atoms with van der Waals surface area (Å²) in [6.45, 7) is 13.2. The van der Waals surface area contributed by atoms with Crippen LogP contribution in [0.5, 0.6) is 0 Å². The summed E-state index contributed by atoms with van der Waals surface area (Å²) < 4.78 is 0. The van der Waals surface area contributed by atoms with Gasteiger partial charge in [-0.3, -0.25) is 9.59 Å². The zero-order valence-corrected chi connectivity index (χ0v) is 21.8. The highest BCUT2D eigenvalue weighted by Gasteiger charge is 2.42. The Labute approximate surface area is 204 Å². The second-order valence-electron chi connectivity index (χ2n) is 11.8. The van der Waals surface area contributed by atoms with Gasteiger partial charge in [0, 0.05) is 29.1 Å². The lowest BCUT2D eigenvalue weighted by molar-refractivity contribution is -0.143. The highest BCUT2D eigenvalue weighted by atomic mass is 35.5. The minimum Gasteiger partial charge on any atom is -0.481 e. The molecule has 182 valence electrons. The fourth-order valence-corrected chi connectivity index (χ4v) is 5.70. The molecule has 1 atom stereocenters. The van der Waals surface area contributed by atoms with Gasteiger partial charge in [-0.05, 0) is 72.6 Å². The van der Waals surface area contributed by atoms with Crippen LogP contribution in [0.2, 0.25) is 5.02 Å². The monoisotopic (exact) mass is 473 g/mol. The minimum atomic E-state index is -0.716. The highest BCUT2D eigenvalue weighted by molar-refractivity contribution is 6.31. The molecule has 0 spiro atoms.